The molecule has 2 aliphatic heterocycles. The van der Waals surface area contributed by atoms with Crippen LogP contribution in [0.4, 0.5) is 5.69 Å². The summed E-state index contributed by atoms with van der Waals surface area (Å²) in [6.07, 6.45) is 0.709. The van der Waals surface area contributed by atoms with Crippen molar-refractivity contribution < 1.29 is 18.8 Å². The number of para-hydroxylation sites is 1. The molecule has 3 atom stereocenters. The number of carbonyl (C=O) groups is 2. The Labute approximate surface area is 161 Å². The molecule has 2 aromatic carbocycles. The van der Waals surface area contributed by atoms with Gasteiger partial charge in [-0.25, -0.2) is 5.06 Å². The number of fused-ring (bicyclic) bond motifs is 1. The molecule has 6 nitrogen and oxygen atoms in total. The molecule has 0 radical (unpaired) electrons. The minimum Gasteiger partial charge on any atom is -0.467 e. The summed E-state index contributed by atoms with van der Waals surface area (Å²) < 4.78 is 5.61. The third kappa shape index (κ3) is 2.61. The van der Waals surface area contributed by atoms with Gasteiger partial charge in [0.15, 0.2) is 6.10 Å². The van der Waals surface area contributed by atoms with E-state index in [-0.39, 0.29) is 18.4 Å². The maximum Gasteiger partial charge on any atom is 0.262 e. The molecule has 28 heavy (non-hydrogen) atoms. The fourth-order valence-electron chi connectivity index (χ4n) is 3.94. The lowest BCUT2D eigenvalue weighted by Crippen LogP contribution is -2.36. The van der Waals surface area contributed by atoms with Crippen molar-refractivity contribution in [1.29, 1.82) is 0 Å². The average Bonchev–Trinajstić information content (AvgIpc) is 3.44. The highest BCUT2D eigenvalue weighted by Crippen LogP contribution is 2.46. The molecular formula is C22H18N2O4. The van der Waals surface area contributed by atoms with Gasteiger partial charge in [0.2, 0.25) is 5.91 Å². The standard InChI is InChI=1S/C22H18N2O4/c25-21-18-19(17-12-7-13-27-17)24(16-10-5-2-6-11-16)28-20(18)22(26)23(21)14-15-8-3-1-4-9-15/h1-13,18-20H,14H2/t18-,19-,20+/m1/s1. The van der Waals surface area contributed by atoms with Crippen LogP contribution < -0.4 is 5.06 Å². The Morgan fingerprint density at radius 2 is 1.54 bits per heavy atom. The number of nitrogens with zero attached hydrogens (tertiary/aromatic N) is 2. The van der Waals surface area contributed by atoms with Gasteiger partial charge in [0.1, 0.15) is 17.7 Å². The summed E-state index contributed by atoms with van der Waals surface area (Å²) in [7, 11) is 0. The van der Waals surface area contributed by atoms with Crippen molar-refractivity contribution in [2.24, 2.45) is 5.92 Å². The highest BCUT2D eigenvalue weighted by molar-refractivity contribution is 6.07. The number of imide groups is 1. The lowest BCUT2D eigenvalue weighted by Gasteiger charge is -2.27. The van der Waals surface area contributed by atoms with Crippen molar-refractivity contribution in [2.75, 3.05) is 5.06 Å². The first-order chi connectivity index (χ1) is 13.7. The zero-order valence-electron chi connectivity index (χ0n) is 15.0. The second-order valence-electron chi connectivity index (χ2n) is 6.92. The van der Waals surface area contributed by atoms with E-state index < -0.39 is 18.1 Å². The second kappa shape index (κ2) is 6.65. The quantitative estimate of drug-likeness (QED) is 0.656. The molecule has 3 heterocycles. The maximum absolute atomic E-state index is 13.2. The summed E-state index contributed by atoms with van der Waals surface area (Å²) in [6.45, 7) is 0.241. The molecule has 5 rings (SSSR count). The Morgan fingerprint density at radius 3 is 2.21 bits per heavy atom. The molecule has 3 aromatic rings. The Morgan fingerprint density at radius 1 is 0.821 bits per heavy atom. The number of hydroxylamine groups is 1. The van der Waals surface area contributed by atoms with Crippen LogP contribution in [0.15, 0.2) is 83.5 Å². The largest absolute Gasteiger partial charge is 0.467 e. The number of rotatable bonds is 4. The van der Waals surface area contributed by atoms with Gasteiger partial charge in [0.05, 0.1) is 18.5 Å². The number of furan rings is 1. The maximum atomic E-state index is 13.2. The molecule has 2 aliphatic rings. The lowest BCUT2D eigenvalue weighted by atomic mass is 9.94. The molecule has 0 saturated carbocycles. The van der Waals surface area contributed by atoms with E-state index in [1.807, 2.05) is 66.7 Å². The summed E-state index contributed by atoms with van der Waals surface area (Å²) in [5.74, 6) is -0.603. The third-order valence-electron chi connectivity index (χ3n) is 5.24. The van der Waals surface area contributed by atoms with Crippen molar-refractivity contribution in [1.82, 2.24) is 4.90 Å². The van der Waals surface area contributed by atoms with Gasteiger partial charge in [-0.1, -0.05) is 48.5 Å². The van der Waals surface area contributed by atoms with Crippen molar-refractivity contribution in [3.05, 3.63) is 90.4 Å². The minimum absolute atomic E-state index is 0.237. The van der Waals surface area contributed by atoms with Gasteiger partial charge in [-0.2, -0.15) is 0 Å². The molecule has 140 valence electrons. The van der Waals surface area contributed by atoms with Crippen molar-refractivity contribution >= 4 is 17.5 Å². The monoisotopic (exact) mass is 374 g/mol. The number of likely N-dealkylation sites (tertiary alicyclic amines) is 1. The smallest absolute Gasteiger partial charge is 0.262 e. The molecule has 0 bridgehead atoms. The number of carbonyl (C=O) groups excluding carboxylic acids is 2. The normalized spacial score (nSPS) is 24.1. The average molecular weight is 374 g/mol. The van der Waals surface area contributed by atoms with Crippen molar-refractivity contribution in [3.8, 4) is 0 Å². The SMILES string of the molecule is O=C1[C@H]2[C@H](ON(c3ccccc3)[C@@H]2c2ccco2)C(=O)N1Cc1ccccc1. The van der Waals surface area contributed by atoms with Crippen LogP contribution in [0.25, 0.3) is 0 Å². The van der Waals surface area contributed by atoms with Crippen molar-refractivity contribution in [3.63, 3.8) is 0 Å². The van der Waals surface area contributed by atoms with Gasteiger partial charge in [0.25, 0.3) is 5.91 Å². The first-order valence-electron chi connectivity index (χ1n) is 9.17. The van der Waals surface area contributed by atoms with Gasteiger partial charge in [-0.15, -0.1) is 0 Å². The first-order valence-corrected chi connectivity index (χ1v) is 9.17. The van der Waals surface area contributed by atoms with E-state index in [0.717, 1.165) is 11.3 Å². The van der Waals surface area contributed by atoms with E-state index in [4.69, 9.17) is 9.25 Å². The number of amides is 2. The van der Waals surface area contributed by atoms with E-state index in [2.05, 4.69) is 0 Å². The van der Waals surface area contributed by atoms with Gasteiger partial charge in [-0.3, -0.25) is 19.3 Å². The van der Waals surface area contributed by atoms with E-state index in [1.54, 1.807) is 17.4 Å². The number of anilines is 1. The molecule has 2 saturated heterocycles. The van der Waals surface area contributed by atoms with Crippen LogP contribution in [-0.4, -0.2) is 22.8 Å². The molecule has 0 unspecified atom stereocenters. The summed E-state index contributed by atoms with van der Waals surface area (Å²) in [4.78, 5) is 33.6. The number of hydrogen-bond donors (Lipinski definition) is 0. The first kappa shape index (κ1) is 16.8. The van der Waals surface area contributed by atoms with Gasteiger partial charge in [-0.05, 0) is 29.8 Å². The molecule has 0 spiro atoms. The van der Waals surface area contributed by atoms with Crippen LogP contribution in [-0.2, 0) is 21.0 Å². The Hall–Kier alpha value is -3.38. The highest BCUT2D eigenvalue weighted by Gasteiger charge is 2.60. The predicted molar refractivity (Wildman–Crippen MR) is 101 cm³/mol. The zero-order chi connectivity index (χ0) is 19.1. The highest BCUT2D eigenvalue weighted by atomic mass is 16.7. The van der Waals surface area contributed by atoms with E-state index in [0.29, 0.717) is 5.76 Å². The Bertz CT molecular complexity index is 988. The van der Waals surface area contributed by atoms with E-state index >= 15 is 0 Å². The Balaban J connectivity index is 1.50. The van der Waals surface area contributed by atoms with Crippen LogP contribution in [0.3, 0.4) is 0 Å². The zero-order valence-corrected chi connectivity index (χ0v) is 15.0. The van der Waals surface area contributed by atoms with Crippen LogP contribution in [0.2, 0.25) is 0 Å². The van der Waals surface area contributed by atoms with E-state index in [1.165, 1.54) is 4.90 Å². The molecule has 0 N–H and O–H groups in total. The fraction of sp³-hybridized carbons (Fsp3) is 0.182. The topological polar surface area (TPSA) is 63.0 Å². The molecule has 2 amide bonds. The Kier molecular flexibility index (Phi) is 3.98. The number of benzene rings is 2. The molecular weight excluding hydrogens is 356 g/mol. The van der Waals surface area contributed by atoms with E-state index in [9.17, 15) is 9.59 Å². The van der Waals surface area contributed by atoms with Crippen LogP contribution >= 0.6 is 0 Å². The van der Waals surface area contributed by atoms with Gasteiger partial charge in [0, 0.05) is 0 Å². The summed E-state index contributed by atoms with van der Waals surface area (Å²) in [6, 6.07) is 22.0. The van der Waals surface area contributed by atoms with Gasteiger partial charge < -0.3 is 4.42 Å². The molecule has 6 heteroatoms. The van der Waals surface area contributed by atoms with Crippen LogP contribution in [0.5, 0.6) is 0 Å². The van der Waals surface area contributed by atoms with Crippen LogP contribution in [0.1, 0.15) is 17.4 Å². The van der Waals surface area contributed by atoms with Gasteiger partial charge >= 0.3 is 0 Å². The lowest BCUT2D eigenvalue weighted by molar-refractivity contribution is -0.143. The summed E-state index contributed by atoms with van der Waals surface area (Å²) in [5, 5.41) is 1.63. The fourth-order valence-corrected chi connectivity index (χ4v) is 3.94. The van der Waals surface area contributed by atoms with Crippen molar-refractivity contribution in [2.45, 2.75) is 18.7 Å². The molecule has 0 aliphatic carbocycles. The summed E-state index contributed by atoms with van der Waals surface area (Å²) in [5.41, 5.74) is 1.67. The minimum atomic E-state index is -0.855. The number of hydrogen-bond acceptors (Lipinski definition) is 5. The second-order valence-corrected chi connectivity index (χ2v) is 6.92. The predicted octanol–water partition coefficient (Wildman–Crippen LogP) is 3.33. The third-order valence-corrected chi connectivity index (χ3v) is 5.24. The molecule has 2 fully saturated rings. The molecule has 1 aromatic heterocycles. The summed E-state index contributed by atoms with van der Waals surface area (Å²) >= 11 is 0. The van der Waals surface area contributed by atoms with Crippen LogP contribution in [0, 0.1) is 5.92 Å².